The summed E-state index contributed by atoms with van der Waals surface area (Å²) < 4.78 is 0. The Kier molecular flexibility index (Phi) is 4.12. The minimum atomic E-state index is -0.115. The first kappa shape index (κ1) is 14.4. The van der Waals surface area contributed by atoms with Gasteiger partial charge in [0.25, 0.3) is 0 Å². The lowest BCUT2D eigenvalue weighted by molar-refractivity contribution is 0.0777. The lowest BCUT2D eigenvalue weighted by Crippen LogP contribution is -2.57. The molecular weight excluding hydrogens is 264 g/mol. The molecule has 0 saturated carbocycles. The van der Waals surface area contributed by atoms with Gasteiger partial charge in [0.1, 0.15) is 0 Å². The van der Waals surface area contributed by atoms with Gasteiger partial charge in [-0.3, -0.25) is 0 Å². The Bertz CT molecular complexity index is 509. The second kappa shape index (κ2) is 6.03. The number of carbonyl (C=O) groups excluding carboxylic acids is 1. The number of nitrogens with two attached hydrogens (primary N) is 1. The number of hydrogen-bond acceptors (Lipinski definition) is 3. The first-order valence-electron chi connectivity index (χ1n) is 7.77. The van der Waals surface area contributed by atoms with Crippen LogP contribution in [0.2, 0.25) is 0 Å². The van der Waals surface area contributed by atoms with Gasteiger partial charge < -0.3 is 21.3 Å². The van der Waals surface area contributed by atoms with Gasteiger partial charge in [0.05, 0.1) is 0 Å². The molecule has 114 valence electrons. The molecule has 1 aromatic rings. The number of hydrogen-bond donors (Lipinski definition) is 3. The van der Waals surface area contributed by atoms with Gasteiger partial charge in [-0.1, -0.05) is 12.1 Å². The van der Waals surface area contributed by atoms with Crippen molar-refractivity contribution in [3.05, 3.63) is 29.8 Å². The van der Waals surface area contributed by atoms with Gasteiger partial charge in [-0.2, -0.15) is 0 Å². The molecule has 2 amide bonds. The molecule has 21 heavy (non-hydrogen) atoms. The molecule has 3 aliphatic heterocycles. The highest BCUT2D eigenvalue weighted by Gasteiger charge is 2.34. The number of amides is 2. The normalized spacial score (nSPS) is 29.0. The van der Waals surface area contributed by atoms with E-state index >= 15 is 0 Å². The molecule has 0 aliphatic carbocycles. The largest absolute Gasteiger partial charge is 0.334 e. The molecule has 3 fully saturated rings. The summed E-state index contributed by atoms with van der Waals surface area (Å²) in [5, 5.41) is 6.04. The van der Waals surface area contributed by atoms with Crippen LogP contribution in [-0.4, -0.2) is 36.6 Å². The third-order valence-electron chi connectivity index (χ3n) is 4.64. The van der Waals surface area contributed by atoms with Crippen molar-refractivity contribution >= 4 is 11.7 Å². The van der Waals surface area contributed by atoms with E-state index in [2.05, 4.69) is 15.5 Å². The number of nitrogens with zero attached hydrogens (tertiary/aromatic N) is 1. The van der Waals surface area contributed by atoms with Gasteiger partial charge in [-0.15, -0.1) is 0 Å². The number of fused-ring (bicyclic) bond motifs is 3. The molecule has 1 aromatic carbocycles. The van der Waals surface area contributed by atoms with Crippen LogP contribution < -0.4 is 16.4 Å². The Morgan fingerprint density at radius 2 is 2.14 bits per heavy atom. The lowest BCUT2D eigenvalue weighted by atomic mass is 9.84. The van der Waals surface area contributed by atoms with E-state index in [1.54, 1.807) is 0 Å². The van der Waals surface area contributed by atoms with Crippen LogP contribution in [0.1, 0.15) is 31.4 Å². The molecule has 4 N–H and O–H groups in total. The Hall–Kier alpha value is -1.59. The van der Waals surface area contributed by atoms with Gasteiger partial charge >= 0.3 is 6.03 Å². The Balaban J connectivity index is 1.58. The topological polar surface area (TPSA) is 70.4 Å². The molecule has 2 atom stereocenters. The van der Waals surface area contributed by atoms with Crippen LogP contribution in [0, 0.1) is 5.92 Å². The van der Waals surface area contributed by atoms with Crippen molar-refractivity contribution in [2.45, 2.75) is 31.8 Å². The standard InChI is InChI=1S/C16H24N4O/c1-11(17)13-3-2-4-14(9-13)18-16(21)19-15-10-20-7-5-12(15)6-8-20/h2-4,9,11-12,15H,5-8,10,17H2,1H3,(H2,18,19,21). The first-order valence-corrected chi connectivity index (χ1v) is 7.77. The summed E-state index contributed by atoms with van der Waals surface area (Å²) in [6.45, 7) is 5.28. The summed E-state index contributed by atoms with van der Waals surface area (Å²) >= 11 is 0. The second-order valence-corrected chi connectivity index (χ2v) is 6.26. The molecule has 0 spiro atoms. The number of benzene rings is 1. The van der Waals surface area contributed by atoms with Gasteiger partial charge in [0.15, 0.2) is 0 Å². The van der Waals surface area contributed by atoms with Crippen molar-refractivity contribution in [1.82, 2.24) is 10.2 Å². The number of piperidine rings is 3. The molecule has 3 saturated heterocycles. The number of nitrogens with one attached hydrogen (secondary N) is 2. The van der Waals surface area contributed by atoms with Crippen molar-refractivity contribution in [2.75, 3.05) is 25.0 Å². The zero-order valence-electron chi connectivity index (χ0n) is 12.5. The van der Waals surface area contributed by atoms with Gasteiger partial charge in [-0.25, -0.2) is 4.79 Å². The van der Waals surface area contributed by atoms with E-state index in [0.29, 0.717) is 5.92 Å². The molecule has 4 rings (SSSR count). The van der Waals surface area contributed by atoms with Crippen molar-refractivity contribution < 1.29 is 4.79 Å². The van der Waals surface area contributed by atoms with Crippen LogP contribution in [0.25, 0.3) is 0 Å². The quantitative estimate of drug-likeness (QED) is 0.796. The number of rotatable bonds is 3. The number of carbonyl (C=O) groups is 1. The maximum atomic E-state index is 12.2. The molecule has 2 unspecified atom stereocenters. The molecule has 0 radical (unpaired) electrons. The average molecular weight is 288 g/mol. The van der Waals surface area contributed by atoms with Gasteiger partial charge in [0, 0.05) is 24.3 Å². The maximum absolute atomic E-state index is 12.2. The second-order valence-electron chi connectivity index (χ2n) is 6.26. The molecule has 2 bridgehead atoms. The van der Waals surface area contributed by atoms with Crippen LogP contribution in [0.4, 0.5) is 10.5 Å². The fourth-order valence-electron chi connectivity index (χ4n) is 3.36. The predicted octanol–water partition coefficient (Wildman–Crippen LogP) is 1.92. The third kappa shape index (κ3) is 3.36. The Morgan fingerprint density at radius 3 is 2.76 bits per heavy atom. The predicted molar refractivity (Wildman–Crippen MR) is 84.2 cm³/mol. The summed E-state index contributed by atoms with van der Waals surface area (Å²) in [4.78, 5) is 14.6. The lowest BCUT2D eigenvalue weighted by Gasteiger charge is -2.44. The molecular formula is C16H24N4O. The van der Waals surface area contributed by atoms with E-state index in [4.69, 9.17) is 5.73 Å². The van der Waals surface area contributed by atoms with E-state index in [0.717, 1.165) is 17.8 Å². The summed E-state index contributed by atoms with van der Waals surface area (Å²) in [7, 11) is 0. The Morgan fingerprint density at radius 1 is 1.38 bits per heavy atom. The van der Waals surface area contributed by atoms with E-state index in [-0.39, 0.29) is 18.1 Å². The summed E-state index contributed by atoms with van der Waals surface area (Å²) in [5.41, 5.74) is 7.69. The molecule has 3 aliphatic rings. The summed E-state index contributed by atoms with van der Waals surface area (Å²) in [6, 6.07) is 7.85. The SMILES string of the molecule is CC(N)c1cccc(NC(=O)NC2CN3CCC2CC3)c1. The number of anilines is 1. The third-order valence-corrected chi connectivity index (χ3v) is 4.64. The zero-order valence-corrected chi connectivity index (χ0v) is 12.5. The van der Waals surface area contributed by atoms with E-state index in [1.165, 1.54) is 25.9 Å². The van der Waals surface area contributed by atoms with E-state index in [9.17, 15) is 4.79 Å². The molecule has 5 heteroatoms. The van der Waals surface area contributed by atoms with Gasteiger partial charge in [0.2, 0.25) is 0 Å². The highest BCUT2D eigenvalue weighted by Crippen LogP contribution is 2.27. The number of urea groups is 1. The van der Waals surface area contributed by atoms with Crippen LogP contribution in [0.15, 0.2) is 24.3 Å². The maximum Gasteiger partial charge on any atom is 0.319 e. The molecule has 3 heterocycles. The zero-order chi connectivity index (χ0) is 14.8. The smallest absolute Gasteiger partial charge is 0.319 e. The summed E-state index contributed by atoms with van der Waals surface area (Å²) in [6.07, 6.45) is 2.40. The van der Waals surface area contributed by atoms with Gasteiger partial charge in [-0.05, 0) is 56.5 Å². The van der Waals surface area contributed by atoms with E-state index in [1.807, 2.05) is 31.2 Å². The monoisotopic (exact) mass is 288 g/mol. The van der Waals surface area contributed by atoms with Crippen molar-refractivity contribution in [2.24, 2.45) is 11.7 Å². The minimum Gasteiger partial charge on any atom is -0.334 e. The van der Waals surface area contributed by atoms with Crippen molar-refractivity contribution in [1.29, 1.82) is 0 Å². The highest BCUT2D eigenvalue weighted by atomic mass is 16.2. The van der Waals surface area contributed by atoms with Crippen molar-refractivity contribution in [3.63, 3.8) is 0 Å². The minimum absolute atomic E-state index is 0.0308. The molecule has 0 aromatic heterocycles. The Labute approximate surface area is 125 Å². The fraction of sp³-hybridized carbons (Fsp3) is 0.562. The van der Waals surface area contributed by atoms with Crippen LogP contribution in [-0.2, 0) is 0 Å². The van der Waals surface area contributed by atoms with Crippen LogP contribution >= 0.6 is 0 Å². The average Bonchev–Trinajstić information content (AvgIpc) is 2.48. The van der Waals surface area contributed by atoms with Crippen LogP contribution in [0.3, 0.4) is 0 Å². The van der Waals surface area contributed by atoms with Crippen LogP contribution in [0.5, 0.6) is 0 Å². The fourth-order valence-corrected chi connectivity index (χ4v) is 3.36. The first-order chi connectivity index (χ1) is 10.1. The molecule has 5 nitrogen and oxygen atoms in total. The highest BCUT2D eigenvalue weighted by molar-refractivity contribution is 5.89. The van der Waals surface area contributed by atoms with E-state index < -0.39 is 0 Å². The van der Waals surface area contributed by atoms with Crippen molar-refractivity contribution in [3.8, 4) is 0 Å². The summed E-state index contributed by atoms with van der Waals surface area (Å²) in [5.74, 6) is 0.635.